The van der Waals surface area contributed by atoms with Gasteiger partial charge in [0.2, 0.25) is 0 Å². The Morgan fingerprint density at radius 3 is 2.76 bits per heavy atom. The molecule has 0 radical (unpaired) electrons. The molecule has 1 fully saturated rings. The summed E-state index contributed by atoms with van der Waals surface area (Å²) in [6, 6.07) is 3.94. The average molecular weight is 314 g/mol. The van der Waals surface area contributed by atoms with E-state index in [2.05, 4.69) is 10.2 Å². The topological polar surface area (TPSA) is 84.7 Å². The van der Waals surface area contributed by atoms with Gasteiger partial charge in [-0.3, -0.25) is 19.8 Å². The Kier molecular flexibility index (Phi) is 5.49. The van der Waals surface area contributed by atoms with E-state index in [1.165, 1.54) is 18.2 Å². The van der Waals surface area contributed by atoms with Crippen LogP contribution in [0.5, 0.6) is 0 Å². The van der Waals surface area contributed by atoms with Crippen molar-refractivity contribution in [3.8, 4) is 0 Å². The van der Waals surface area contributed by atoms with Crippen molar-refractivity contribution in [1.29, 1.82) is 0 Å². The maximum absolute atomic E-state index is 11.9. The summed E-state index contributed by atoms with van der Waals surface area (Å²) in [5, 5.41) is 13.4. The number of morpholine rings is 1. The fourth-order valence-electron chi connectivity index (χ4n) is 2.05. The number of benzene rings is 1. The van der Waals surface area contributed by atoms with Crippen LogP contribution in [-0.2, 0) is 4.74 Å². The van der Waals surface area contributed by atoms with Gasteiger partial charge in [-0.1, -0.05) is 11.6 Å². The molecule has 1 aliphatic rings. The van der Waals surface area contributed by atoms with Crippen molar-refractivity contribution >= 4 is 23.2 Å². The zero-order chi connectivity index (χ0) is 15.2. The molecule has 0 spiro atoms. The Morgan fingerprint density at radius 2 is 2.14 bits per heavy atom. The Balaban J connectivity index is 1.85. The van der Waals surface area contributed by atoms with Gasteiger partial charge in [-0.25, -0.2) is 0 Å². The lowest BCUT2D eigenvalue weighted by atomic mass is 10.2. The van der Waals surface area contributed by atoms with Crippen molar-refractivity contribution in [2.75, 3.05) is 39.4 Å². The number of halogens is 1. The third-order valence-corrected chi connectivity index (χ3v) is 3.53. The Bertz CT molecular complexity index is 532. The van der Waals surface area contributed by atoms with Gasteiger partial charge in [-0.15, -0.1) is 0 Å². The summed E-state index contributed by atoms with van der Waals surface area (Å²) in [5.74, 6) is -0.292. The van der Waals surface area contributed by atoms with Crippen molar-refractivity contribution in [1.82, 2.24) is 10.2 Å². The highest BCUT2D eigenvalue weighted by Crippen LogP contribution is 2.24. The smallest absolute Gasteiger partial charge is 0.287 e. The van der Waals surface area contributed by atoms with Crippen molar-refractivity contribution in [2.24, 2.45) is 0 Å². The van der Waals surface area contributed by atoms with Crippen molar-refractivity contribution in [3.05, 3.63) is 38.9 Å². The summed E-state index contributed by atoms with van der Waals surface area (Å²) < 4.78 is 5.24. The van der Waals surface area contributed by atoms with Crippen LogP contribution in [0, 0.1) is 10.1 Å². The molecule has 7 nitrogen and oxygen atoms in total. The molecule has 1 heterocycles. The number of ether oxygens (including phenoxy) is 1. The summed E-state index contributed by atoms with van der Waals surface area (Å²) in [6.45, 7) is 4.40. The molecule has 2 rings (SSSR count). The zero-order valence-corrected chi connectivity index (χ0v) is 12.1. The van der Waals surface area contributed by atoms with Crippen LogP contribution in [0.25, 0.3) is 0 Å². The van der Waals surface area contributed by atoms with Crippen LogP contribution in [0.1, 0.15) is 10.4 Å². The molecule has 8 heteroatoms. The number of carbonyl (C=O) groups excluding carboxylic acids is 1. The van der Waals surface area contributed by atoms with Gasteiger partial charge in [-0.05, 0) is 12.1 Å². The SMILES string of the molecule is O=C(NCCN1CCOCC1)c1ccc([N+](=O)[O-])c(Cl)c1. The fraction of sp³-hybridized carbons (Fsp3) is 0.462. The van der Waals surface area contributed by atoms with E-state index in [1.54, 1.807) is 0 Å². The first-order chi connectivity index (χ1) is 10.1. The van der Waals surface area contributed by atoms with E-state index in [-0.39, 0.29) is 16.6 Å². The molecule has 1 saturated heterocycles. The predicted molar refractivity (Wildman–Crippen MR) is 77.7 cm³/mol. The molecule has 0 aromatic heterocycles. The first kappa shape index (κ1) is 15.7. The molecule has 1 aromatic carbocycles. The standard InChI is InChI=1S/C13H16ClN3O4/c14-11-9-10(1-2-12(11)17(19)20)13(18)15-3-4-16-5-7-21-8-6-16/h1-2,9H,3-8H2,(H,15,18). The third kappa shape index (κ3) is 4.38. The lowest BCUT2D eigenvalue weighted by molar-refractivity contribution is -0.384. The van der Waals surface area contributed by atoms with Gasteiger partial charge in [0.25, 0.3) is 11.6 Å². The summed E-state index contributed by atoms with van der Waals surface area (Å²) >= 11 is 5.78. The fourth-order valence-corrected chi connectivity index (χ4v) is 2.30. The number of nitro benzene ring substituents is 1. The molecule has 0 aliphatic carbocycles. The summed E-state index contributed by atoms with van der Waals surface area (Å²) in [5.41, 5.74) is 0.106. The highest BCUT2D eigenvalue weighted by molar-refractivity contribution is 6.33. The number of amides is 1. The molecule has 0 atom stereocenters. The molecule has 1 N–H and O–H groups in total. The predicted octanol–water partition coefficient (Wildman–Crippen LogP) is 1.31. The number of nitrogens with one attached hydrogen (secondary N) is 1. The van der Waals surface area contributed by atoms with Crippen molar-refractivity contribution in [2.45, 2.75) is 0 Å². The lowest BCUT2D eigenvalue weighted by Gasteiger charge is -2.26. The number of hydrogen-bond acceptors (Lipinski definition) is 5. The number of hydrogen-bond donors (Lipinski definition) is 1. The van der Waals surface area contributed by atoms with Gasteiger partial charge in [-0.2, -0.15) is 0 Å². The van der Waals surface area contributed by atoms with Crippen LogP contribution in [-0.4, -0.2) is 55.1 Å². The average Bonchev–Trinajstić information content (AvgIpc) is 2.47. The molecule has 21 heavy (non-hydrogen) atoms. The largest absolute Gasteiger partial charge is 0.379 e. The number of rotatable bonds is 5. The van der Waals surface area contributed by atoms with Crippen molar-refractivity contribution < 1.29 is 14.5 Å². The van der Waals surface area contributed by atoms with Gasteiger partial charge in [0.1, 0.15) is 5.02 Å². The van der Waals surface area contributed by atoms with E-state index >= 15 is 0 Å². The minimum Gasteiger partial charge on any atom is -0.379 e. The molecule has 0 unspecified atom stereocenters. The van der Waals surface area contributed by atoms with Crippen LogP contribution in [0.15, 0.2) is 18.2 Å². The summed E-state index contributed by atoms with van der Waals surface area (Å²) in [7, 11) is 0. The molecule has 114 valence electrons. The van der Waals surface area contributed by atoms with Gasteiger partial charge in [0.05, 0.1) is 18.1 Å². The number of nitro groups is 1. The molecular formula is C13H16ClN3O4. The maximum atomic E-state index is 11.9. The van der Waals surface area contributed by atoms with E-state index in [0.717, 1.165) is 19.6 Å². The van der Waals surface area contributed by atoms with Gasteiger partial charge >= 0.3 is 0 Å². The van der Waals surface area contributed by atoms with Gasteiger partial charge in [0.15, 0.2) is 0 Å². The van der Waals surface area contributed by atoms with Crippen LogP contribution in [0.3, 0.4) is 0 Å². The second-order valence-electron chi connectivity index (χ2n) is 4.63. The van der Waals surface area contributed by atoms with Crippen molar-refractivity contribution in [3.63, 3.8) is 0 Å². The Labute approximate surface area is 127 Å². The van der Waals surface area contributed by atoms with E-state index in [0.29, 0.717) is 25.3 Å². The van der Waals surface area contributed by atoms with Crippen LogP contribution in [0.4, 0.5) is 5.69 Å². The van der Waals surface area contributed by atoms with Gasteiger partial charge in [0, 0.05) is 37.8 Å². The summed E-state index contributed by atoms with van der Waals surface area (Å²) in [4.78, 5) is 24.2. The van der Waals surface area contributed by atoms with Crippen LogP contribution < -0.4 is 5.32 Å². The van der Waals surface area contributed by atoms with E-state index in [1.807, 2.05) is 0 Å². The van der Waals surface area contributed by atoms with Gasteiger partial charge < -0.3 is 10.1 Å². The van der Waals surface area contributed by atoms with Crippen LogP contribution in [0.2, 0.25) is 5.02 Å². The molecular weight excluding hydrogens is 298 g/mol. The van der Waals surface area contributed by atoms with Crippen LogP contribution >= 0.6 is 11.6 Å². The van der Waals surface area contributed by atoms with E-state index < -0.39 is 4.92 Å². The highest BCUT2D eigenvalue weighted by Gasteiger charge is 2.15. The molecule has 1 aromatic rings. The van der Waals surface area contributed by atoms with E-state index in [4.69, 9.17) is 16.3 Å². The number of carbonyl (C=O) groups is 1. The third-order valence-electron chi connectivity index (χ3n) is 3.22. The second kappa shape index (κ2) is 7.35. The minimum absolute atomic E-state index is 0.0409. The minimum atomic E-state index is -0.581. The quantitative estimate of drug-likeness (QED) is 0.654. The second-order valence-corrected chi connectivity index (χ2v) is 5.04. The lowest BCUT2D eigenvalue weighted by Crippen LogP contribution is -2.41. The normalized spacial score (nSPS) is 15.7. The van der Waals surface area contributed by atoms with E-state index in [9.17, 15) is 14.9 Å². The first-order valence-corrected chi connectivity index (χ1v) is 6.98. The molecule has 0 bridgehead atoms. The maximum Gasteiger partial charge on any atom is 0.287 e. The molecule has 1 amide bonds. The highest BCUT2D eigenvalue weighted by atomic mass is 35.5. The molecule has 1 aliphatic heterocycles. The summed E-state index contributed by atoms with van der Waals surface area (Å²) in [6.07, 6.45) is 0. The monoisotopic (exact) mass is 313 g/mol. The molecule has 0 saturated carbocycles. The number of nitrogens with zero attached hydrogens (tertiary/aromatic N) is 2. The first-order valence-electron chi connectivity index (χ1n) is 6.60. The Morgan fingerprint density at radius 1 is 1.43 bits per heavy atom. The zero-order valence-electron chi connectivity index (χ0n) is 11.4. The Hall–Kier alpha value is -1.70.